The molecule has 3 heterocycles. The summed E-state index contributed by atoms with van der Waals surface area (Å²) in [7, 11) is 0. The molecule has 1 aromatic rings. The van der Waals surface area contributed by atoms with Gasteiger partial charge in [0.2, 0.25) is 0 Å². The highest BCUT2D eigenvalue weighted by atomic mass is 15.2. The van der Waals surface area contributed by atoms with Gasteiger partial charge in [0.15, 0.2) is 0 Å². The Morgan fingerprint density at radius 3 is 2.52 bits per heavy atom. The van der Waals surface area contributed by atoms with Crippen LogP contribution in [0, 0.1) is 0 Å². The molecule has 0 atom stereocenters. The van der Waals surface area contributed by atoms with Crippen LogP contribution < -0.4 is 5.32 Å². The second kappa shape index (κ2) is 6.56. The van der Waals surface area contributed by atoms with E-state index in [-0.39, 0.29) is 0 Å². The number of likely N-dealkylation sites (tertiary alicyclic amines) is 1. The average Bonchev–Trinajstić information content (AvgIpc) is 3.21. The standard InChI is InChI=1S/C19H32N4/c1-19(7-4-8-19)17-15-23(14-13-22-11-2-3-12-22)18(21-17)16-5-9-20-10-6-16/h15-16,20H,2-14H2,1H3. The molecule has 3 fully saturated rings. The Balaban J connectivity index is 1.53. The first kappa shape index (κ1) is 15.6. The molecule has 128 valence electrons. The molecular weight excluding hydrogens is 284 g/mol. The average molecular weight is 316 g/mol. The third-order valence-electron chi connectivity index (χ3n) is 6.44. The summed E-state index contributed by atoms with van der Waals surface area (Å²) in [5.41, 5.74) is 1.74. The number of hydrogen-bond donors (Lipinski definition) is 1. The van der Waals surface area contributed by atoms with Crippen molar-refractivity contribution in [3.63, 3.8) is 0 Å². The molecule has 0 radical (unpaired) electrons. The van der Waals surface area contributed by atoms with Crippen LogP contribution in [0.5, 0.6) is 0 Å². The van der Waals surface area contributed by atoms with Crippen LogP contribution in [0.1, 0.15) is 69.3 Å². The SMILES string of the molecule is CC1(c2cn(CCN3CCCC3)c(C3CCNCC3)n2)CCC1. The van der Waals surface area contributed by atoms with Crippen molar-refractivity contribution in [1.29, 1.82) is 0 Å². The second-order valence-corrected chi connectivity index (χ2v) is 8.16. The minimum Gasteiger partial charge on any atom is -0.333 e. The van der Waals surface area contributed by atoms with Crippen molar-refractivity contribution in [1.82, 2.24) is 19.8 Å². The molecule has 3 aliphatic rings. The molecule has 2 aliphatic heterocycles. The van der Waals surface area contributed by atoms with Crippen LogP contribution in [0.15, 0.2) is 6.20 Å². The lowest BCUT2D eigenvalue weighted by molar-refractivity contribution is 0.264. The van der Waals surface area contributed by atoms with Crippen LogP contribution in [-0.2, 0) is 12.0 Å². The molecule has 0 spiro atoms. The smallest absolute Gasteiger partial charge is 0.112 e. The second-order valence-electron chi connectivity index (χ2n) is 8.16. The number of hydrogen-bond acceptors (Lipinski definition) is 3. The van der Waals surface area contributed by atoms with Gasteiger partial charge < -0.3 is 14.8 Å². The molecule has 2 saturated heterocycles. The lowest BCUT2D eigenvalue weighted by Crippen LogP contribution is -2.31. The Hall–Kier alpha value is -0.870. The quantitative estimate of drug-likeness (QED) is 0.907. The Kier molecular flexibility index (Phi) is 4.46. The highest BCUT2D eigenvalue weighted by Gasteiger charge is 2.37. The number of nitrogens with one attached hydrogen (secondary N) is 1. The van der Waals surface area contributed by atoms with E-state index in [2.05, 4.69) is 27.9 Å². The molecule has 23 heavy (non-hydrogen) atoms. The summed E-state index contributed by atoms with van der Waals surface area (Å²) in [5, 5.41) is 3.49. The Morgan fingerprint density at radius 1 is 1.13 bits per heavy atom. The molecular formula is C19H32N4. The van der Waals surface area contributed by atoms with E-state index in [1.54, 1.807) is 0 Å². The van der Waals surface area contributed by atoms with Gasteiger partial charge in [0.05, 0.1) is 5.69 Å². The van der Waals surface area contributed by atoms with Crippen molar-refractivity contribution in [2.45, 2.75) is 69.7 Å². The Morgan fingerprint density at radius 2 is 1.87 bits per heavy atom. The summed E-state index contributed by atoms with van der Waals surface area (Å²) in [4.78, 5) is 7.81. The fraction of sp³-hybridized carbons (Fsp3) is 0.842. The number of rotatable bonds is 5. The highest BCUT2D eigenvalue weighted by molar-refractivity contribution is 5.21. The minimum absolute atomic E-state index is 0.362. The number of aromatic nitrogens is 2. The monoisotopic (exact) mass is 316 g/mol. The minimum atomic E-state index is 0.362. The zero-order valence-corrected chi connectivity index (χ0v) is 14.7. The van der Waals surface area contributed by atoms with Gasteiger partial charge in [-0.2, -0.15) is 0 Å². The van der Waals surface area contributed by atoms with E-state index in [1.165, 1.54) is 76.1 Å². The van der Waals surface area contributed by atoms with E-state index in [4.69, 9.17) is 4.98 Å². The zero-order chi connectivity index (χ0) is 15.7. The van der Waals surface area contributed by atoms with Crippen molar-refractivity contribution in [3.05, 3.63) is 17.7 Å². The molecule has 0 amide bonds. The van der Waals surface area contributed by atoms with Gasteiger partial charge in [-0.25, -0.2) is 4.98 Å². The first-order valence-corrected chi connectivity index (χ1v) is 9.75. The third-order valence-corrected chi connectivity index (χ3v) is 6.44. The number of piperidine rings is 1. The molecule has 4 heteroatoms. The van der Waals surface area contributed by atoms with Crippen LogP contribution in [0.4, 0.5) is 0 Å². The summed E-state index contributed by atoms with van der Waals surface area (Å²) in [6.45, 7) is 9.62. The van der Waals surface area contributed by atoms with E-state index < -0.39 is 0 Å². The van der Waals surface area contributed by atoms with Crippen molar-refractivity contribution < 1.29 is 0 Å². The molecule has 4 rings (SSSR count). The molecule has 1 aliphatic carbocycles. The first-order chi connectivity index (χ1) is 11.2. The zero-order valence-electron chi connectivity index (χ0n) is 14.7. The molecule has 1 N–H and O–H groups in total. The van der Waals surface area contributed by atoms with Gasteiger partial charge in [0, 0.05) is 30.6 Å². The van der Waals surface area contributed by atoms with E-state index in [0.29, 0.717) is 11.3 Å². The van der Waals surface area contributed by atoms with E-state index in [0.717, 1.165) is 19.6 Å². The summed E-state index contributed by atoms with van der Waals surface area (Å²) >= 11 is 0. The maximum atomic E-state index is 5.19. The van der Waals surface area contributed by atoms with Crippen LogP contribution in [0.3, 0.4) is 0 Å². The normalized spacial score (nSPS) is 25.6. The largest absolute Gasteiger partial charge is 0.333 e. The van der Waals surface area contributed by atoms with Crippen molar-refractivity contribution >= 4 is 0 Å². The van der Waals surface area contributed by atoms with Crippen LogP contribution in [0.2, 0.25) is 0 Å². The number of nitrogens with zero attached hydrogens (tertiary/aromatic N) is 3. The van der Waals surface area contributed by atoms with E-state index in [9.17, 15) is 0 Å². The van der Waals surface area contributed by atoms with Gasteiger partial charge in [-0.05, 0) is 64.7 Å². The van der Waals surface area contributed by atoms with Crippen LogP contribution >= 0.6 is 0 Å². The maximum Gasteiger partial charge on any atom is 0.112 e. The predicted molar refractivity (Wildman–Crippen MR) is 93.9 cm³/mol. The summed E-state index contributed by atoms with van der Waals surface area (Å²) in [5.74, 6) is 2.04. The Labute approximate surface area is 140 Å². The molecule has 0 bridgehead atoms. The van der Waals surface area contributed by atoms with Gasteiger partial charge >= 0.3 is 0 Å². The lowest BCUT2D eigenvalue weighted by atomic mass is 9.68. The third kappa shape index (κ3) is 3.20. The predicted octanol–water partition coefficient (Wildman–Crippen LogP) is 2.89. The fourth-order valence-corrected chi connectivity index (χ4v) is 4.52. The van der Waals surface area contributed by atoms with Gasteiger partial charge in [0.1, 0.15) is 5.82 Å². The summed E-state index contributed by atoms with van der Waals surface area (Å²) in [6.07, 6.45) is 11.7. The fourth-order valence-electron chi connectivity index (χ4n) is 4.52. The molecule has 0 aromatic carbocycles. The molecule has 4 nitrogen and oxygen atoms in total. The summed E-state index contributed by atoms with van der Waals surface area (Å²) < 4.78 is 2.52. The van der Waals surface area contributed by atoms with Gasteiger partial charge in [-0.3, -0.25) is 0 Å². The van der Waals surface area contributed by atoms with E-state index >= 15 is 0 Å². The first-order valence-electron chi connectivity index (χ1n) is 9.75. The molecule has 0 unspecified atom stereocenters. The van der Waals surface area contributed by atoms with E-state index in [1.807, 2.05) is 0 Å². The van der Waals surface area contributed by atoms with Gasteiger partial charge in [-0.15, -0.1) is 0 Å². The van der Waals surface area contributed by atoms with Crippen molar-refractivity contribution in [3.8, 4) is 0 Å². The van der Waals surface area contributed by atoms with Crippen molar-refractivity contribution in [2.24, 2.45) is 0 Å². The highest BCUT2D eigenvalue weighted by Crippen LogP contribution is 2.43. The molecule has 1 aromatic heterocycles. The van der Waals surface area contributed by atoms with Crippen molar-refractivity contribution in [2.75, 3.05) is 32.7 Å². The van der Waals surface area contributed by atoms with Gasteiger partial charge in [0.25, 0.3) is 0 Å². The number of imidazole rings is 1. The summed E-state index contributed by atoms with van der Waals surface area (Å²) in [6, 6.07) is 0. The Bertz CT molecular complexity index is 519. The molecule has 1 saturated carbocycles. The maximum absolute atomic E-state index is 5.19. The van der Waals surface area contributed by atoms with Gasteiger partial charge in [-0.1, -0.05) is 13.3 Å². The lowest BCUT2D eigenvalue weighted by Gasteiger charge is -2.36. The van der Waals surface area contributed by atoms with Crippen LogP contribution in [-0.4, -0.2) is 47.2 Å². The topological polar surface area (TPSA) is 33.1 Å². The van der Waals surface area contributed by atoms with Crippen LogP contribution in [0.25, 0.3) is 0 Å².